The average Bonchev–Trinajstić information content (AvgIpc) is 2.74. The second kappa shape index (κ2) is 9.45. The third-order valence-electron chi connectivity index (χ3n) is 6.16. The van der Waals surface area contributed by atoms with E-state index >= 15 is 0 Å². The van der Waals surface area contributed by atoms with Crippen LogP contribution >= 0.6 is 0 Å². The molecule has 1 heterocycles. The van der Waals surface area contributed by atoms with Crippen molar-refractivity contribution in [2.45, 2.75) is 45.4 Å². The van der Waals surface area contributed by atoms with Crippen LogP contribution in [0.4, 0.5) is 0 Å². The number of hydrogen-bond donors (Lipinski definition) is 0. The molecule has 1 fully saturated rings. The maximum absolute atomic E-state index is 12.9. The Morgan fingerprint density at radius 3 is 2.48 bits per heavy atom. The van der Waals surface area contributed by atoms with Gasteiger partial charge >= 0.3 is 0 Å². The van der Waals surface area contributed by atoms with Gasteiger partial charge in [0.15, 0.2) is 0 Å². The van der Waals surface area contributed by atoms with E-state index in [1.807, 2.05) is 24.8 Å². The summed E-state index contributed by atoms with van der Waals surface area (Å²) in [5, 5.41) is 0. The Morgan fingerprint density at radius 1 is 1.17 bits per heavy atom. The van der Waals surface area contributed by atoms with Crippen molar-refractivity contribution in [2.24, 2.45) is 0 Å². The molecule has 1 aromatic carbocycles. The van der Waals surface area contributed by atoms with Crippen molar-refractivity contribution in [1.29, 1.82) is 0 Å². The molecule has 1 atom stereocenters. The second-order valence-electron chi connectivity index (χ2n) is 7.73. The molecule has 0 spiro atoms. The first-order valence-electron chi connectivity index (χ1n) is 10.6. The lowest BCUT2D eigenvalue weighted by atomic mass is 9.80. The van der Waals surface area contributed by atoms with E-state index in [4.69, 9.17) is 4.74 Å². The van der Waals surface area contributed by atoms with E-state index in [2.05, 4.69) is 12.1 Å². The van der Waals surface area contributed by atoms with E-state index in [1.165, 1.54) is 19.7 Å². The van der Waals surface area contributed by atoms with E-state index in [0.717, 1.165) is 25.0 Å². The summed E-state index contributed by atoms with van der Waals surface area (Å²) in [5.74, 6) is 1.22. The molecule has 1 aliphatic heterocycles. The van der Waals surface area contributed by atoms with Gasteiger partial charge in [-0.05, 0) is 48.4 Å². The van der Waals surface area contributed by atoms with Crippen LogP contribution in [0.5, 0.6) is 5.75 Å². The molecule has 2 aliphatic rings. The Labute approximate surface area is 174 Å². The largest absolute Gasteiger partial charge is 0.497 e. The first-order valence-corrected chi connectivity index (χ1v) is 12.0. The summed E-state index contributed by atoms with van der Waals surface area (Å²) in [6.07, 6.45) is 3.61. The zero-order chi connectivity index (χ0) is 21.0. The molecule has 0 bridgehead atoms. The van der Waals surface area contributed by atoms with Gasteiger partial charge in [-0.15, -0.1) is 0 Å². The van der Waals surface area contributed by atoms with Crippen molar-refractivity contribution in [2.75, 3.05) is 46.4 Å². The zero-order valence-electron chi connectivity index (χ0n) is 17.8. The van der Waals surface area contributed by atoms with Crippen LogP contribution in [0.15, 0.2) is 18.2 Å². The zero-order valence-corrected chi connectivity index (χ0v) is 18.6. The van der Waals surface area contributed by atoms with Crippen LogP contribution in [0.25, 0.3) is 0 Å². The highest BCUT2D eigenvalue weighted by atomic mass is 32.2. The molecule has 162 valence electrons. The standard InChI is InChI=1S/C21H33N3O4S/c1-4-23(5-2)29(26,27)24-13-11-22(12-14-24)21(25)16-18-8-6-7-17-15-19(28-3)9-10-20(17)18/h9-10,15,18H,4-8,11-14,16H2,1-3H3. The minimum atomic E-state index is -3.43. The molecular formula is C21H33N3O4S. The van der Waals surface area contributed by atoms with Gasteiger partial charge in [0.2, 0.25) is 5.91 Å². The van der Waals surface area contributed by atoms with Crippen LogP contribution in [0, 0.1) is 0 Å². The number of ether oxygens (including phenoxy) is 1. The van der Waals surface area contributed by atoms with E-state index in [1.54, 1.807) is 7.11 Å². The molecule has 8 heteroatoms. The highest BCUT2D eigenvalue weighted by Gasteiger charge is 2.33. The van der Waals surface area contributed by atoms with Crippen LogP contribution in [-0.4, -0.2) is 74.2 Å². The minimum absolute atomic E-state index is 0.124. The van der Waals surface area contributed by atoms with Crippen LogP contribution in [0.3, 0.4) is 0 Å². The summed E-state index contributed by atoms with van der Waals surface area (Å²) >= 11 is 0. The van der Waals surface area contributed by atoms with Crippen molar-refractivity contribution in [3.63, 3.8) is 0 Å². The van der Waals surface area contributed by atoms with Crippen molar-refractivity contribution in [3.05, 3.63) is 29.3 Å². The molecule has 29 heavy (non-hydrogen) atoms. The SMILES string of the molecule is CCN(CC)S(=O)(=O)N1CCN(C(=O)CC2CCCc3cc(OC)ccc32)CC1. The number of rotatable bonds is 7. The normalized spacial score (nSPS) is 20.6. The molecule has 1 unspecified atom stereocenters. The van der Waals surface area contributed by atoms with E-state index in [-0.39, 0.29) is 11.8 Å². The van der Waals surface area contributed by atoms with Gasteiger partial charge in [0, 0.05) is 45.7 Å². The fourth-order valence-electron chi connectivity index (χ4n) is 4.45. The van der Waals surface area contributed by atoms with Gasteiger partial charge in [0.25, 0.3) is 10.2 Å². The van der Waals surface area contributed by atoms with Crippen LogP contribution in [0.1, 0.15) is 50.2 Å². The van der Waals surface area contributed by atoms with Crippen molar-refractivity contribution in [3.8, 4) is 5.75 Å². The van der Waals surface area contributed by atoms with Gasteiger partial charge < -0.3 is 9.64 Å². The molecule has 7 nitrogen and oxygen atoms in total. The number of benzene rings is 1. The summed E-state index contributed by atoms with van der Waals surface area (Å²) in [5.41, 5.74) is 2.54. The molecular weight excluding hydrogens is 390 g/mol. The third kappa shape index (κ3) is 4.75. The average molecular weight is 424 g/mol. The van der Waals surface area contributed by atoms with Gasteiger partial charge in [-0.3, -0.25) is 4.79 Å². The smallest absolute Gasteiger partial charge is 0.282 e. The highest BCUT2D eigenvalue weighted by molar-refractivity contribution is 7.86. The summed E-state index contributed by atoms with van der Waals surface area (Å²) in [6, 6.07) is 6.15. The molecule has 3 rings (SSSR count). The predicted octanol–water partition coefficient (Wildman–Crippen LogP) is 2.24. The number of methoxy groups -OCH3 is 1. The minimum Gasteiger partial charge on any atom is -0.497 e. The monoisotopic (exact) mass is 423 g/mol. The van der Waals surface area contributed by atoms with E-state index in [0.29, 0.717) is 45.7 Å². The fourth-order valence-corrected chi connectivity index (χ4v) is 6.06. The van der Waals surface area contributed by atoms with Crippen molar-refractivity contribution in [1.82, 2.24) is 13.5 Å². The molecule has 0 radical (unpaired) electrons. The Hall–Kier alpha value is -1.64. The molecule has 1 aromatic rings. The summed E-state index contributed by atoms with van der Waals surface area (Å²) in [4.78, 5) is 14.8. The van der Waals surface area contributed by atoms with Crippen LogP contribution in [0.2, 0.25) is 0 Å². The van der Waals surface area contributed by atoms with Gasteiger partial charge in [0.1, 0.15) is 5.75 Å². The van der Waals surface area contributed by atoms with Gasteiger partial charge in [-0.1, -0.05) is 19.9 Å². The number of carbonyl (C=O) groups excluding carboxylic acids is 1. The number of piperazine rings is 1. The Kier molecular flexibility index (Phi) is 7.19. The maximum Gasteiger partial charge on any atom is 0.282 e. The predicted molar refractivity (Wildman–Crippen MR) is 113 cm³/mol. The van der Waals surface area contributed by atoms with E-state index < -0.39 is 10.2 Å². The van der Waals surface area contributed by atoms with Gasteiger partial charge in [0.05, 0.1) is 7.11 Å². The van der Waals surface area contributed by atoms with Crippen molar-refractivity contribution < 1.29 is 17.9 Å². The van der Waals surface area contributed by atoms with Gasteiger partial charge in [-0.25, -0.2) is 0 Å². The van der Waals surface area contributed by atoms with Gasteiger partial charge in [-0.2, -0.15) is 17.0 Å². The summed E-state index contributed by atoms with van der Waals surface area (Å²) in [6.45, 7) is 6.26. The number of hydrogen-bond acceptors (Lipinski definition) is 4. The number of fused-ring (bicyclic) bond motifs is 1. The quantitative estimate of drug-likeness (QED) is 0.674. The lowest BCUT2D eigenvalue weighted by Crippen LogP contribution is -2.54. The lowest BCUT2D eigenvalue weighted by molar-refractivity contribution is -0.132. The molecule has 1 amide bonds. The third-order valence-corrected chi connectivity index (χ3v) is 8.35. The Balaban J connectivity index is 1.60. The van der Waals surface area contributed by atoms with Crippen LogP contribution < -0.4 is 4.74 Å². The second-order valence-corrected chi connectivity index (χ2v) is 9.66. The first-order chi connectivity index (χ1) is 13.9. The molecule has 0 N–H and O–H groups in total. The number of aryl methyl sites for hydroxylation is 1. The first kappa shape index (κ1) is 22.1. The van der Waals surface area contributed by atoms with Crippen LogP contribution in [-0.2, 0) is 21.4 Å². The summed E-state index contributed by atoms with van der Waals surface area (Å²) in [7, 11) is -1.76. The highest BCUT2D eigenvalue weighted by Crippen LogP contribution is 2.36. The fraction of sp³-hybridized carbons (Fsp3) is 0.667. The topological polar surface area (TPSA) is 70.2 Å². The Bertz CT molecular complexity index is 815. The molecule has 1 aliphatic carbocycles. The lowest BCUT2D eigenvalue weighted by Gasteiger charge is -2.37. The number of carbonyl (C=O) groups is 1. The van der Waals surface area contributed by atoms with E-state index in [9.17, 15) is 13.2 Å². The molecule has 0 aromatic heterocycles. The number of amides is 1. The molecule has 0 saturated carbocycles. The summed E-state index contributed by atoms with van der Waals surface area (Å²) < 4.78 is 33.6. The molecule has 1 saturated heterocycles. The Morgan fingerprint density at radius 2 is 1.86 bits per heavy atom. The van der Waals surface area contributed by atoms with Crippen molar-refractivity contribution >= 4 is 16.1 Å². The number of nitrogens with zero attached hydrogens (tertiary/aromatic N) is 3. The maximum atomic E-state index is 12.9.